The molecule has 0 unspecified atom stereocenters. The van der Waals surface area contributed by atoms with E-state index in [0.29, 0.717) is 18.0 Å². The first-order valence-corrected chi connectivity index (χ1v) is 9.09. The molecular formula is C16H18N4OS2. The zero-order chi connectivity index (χ0) is 16.4. The van der Waals surface area contributed by atoms with E-state index in [2.05, 4.69) is 29.0 Å². The van der Waals surface area contributed by atoms with Gasteiger partial charge in [-0.15, -0.1) is 22.7 Å². The first-order chi connectivity index (χ1) is 11.1. The molecule has 0 bridgehead atoms. The number of thiophene rings is 1. The van der Waals surface area contributed by atoms with Crippen molar-refractivity contribution in [2.75, 3.05) is 7.05 Å². The number of hydrogen-bond donors (Lipinski definition) is 1. The number of amides is 1. The lowest BCUT2D eigenvalue weighted by molar-refractivity contribution is 0.0784. The molecule has 120 valence electrons. The van der Waals surface area contributed by atoms with Crippen LogP contribution in [0.3, 0.4) is 0 Å². The van der Waals surface area contributed by atoms with Gasteiger partial charge in [-0.1, -0.05) is 19.9 Å². The van der Waals surface area contributed by atoms with E-state index in [1.807, 2.05) is 22.9 Å². The number of H-pyrrole nitrogens is 1. The van der Waals surface area contributed by atoms with Gasteiger partial charge < -0.3 is 4.90 Å². The van der Waals surface area contributed by atoms with Crippen LogP contribution in [0.15, 0.2) is 29.1 Å². The van der Waals surface area contributed by atoms with Gasteiger partial charge in [0.15, 0.2) is 0 Å². The Morgan fingerprint density at radius 3 is 2.87 bits per heavy atom. The van der Waals surface area contributed by atoms with E-state index >= 15 is 0 Å². The number of hydrogen-bond acceptors (Lipinski definition) is 5. The maximum atomic E-state index is 12.7. The Labute approximate surface area is 143 Å². The Hall–Kier alpha value is -1.99. The van der Waals surface area contributed by atoms with Crippen LogP contribution < -0.4 is 0 Å². The largest absolute Gasteiger partial charge is 0.336 e. The number of thiazole rings is 1. The van der Waals surface area contributed by atoms with E-state index in [9.17, 15) is 4.79 Å². The molecule has 0 saturated carbocycles. The minimum absolute atomic E-state index is 0.0544. The Bertz CT molecular complexity index is 789. The number of nitrogens with zero attached hydrogens (tertiary/aromatic N) is 3. The predicted molar refractivity (Wildman–Crippen MR) is 93.9 cm³/mol. The second kappa shape index (κ2) is 6.64. The highest BCUT2D eigenvalue weighted by Crippen LogP contribution is 2.27. The lowest BCUT2D eigenvalue weighted by Gasteiger charge is -2.15. The van der Waals surface area contributed by atoms with Crippen LogP contribution in [0.25, 0.3) is 10.6 Å². The summed E-state index contributed by atoms with van der Waals surface area (Å²) in [6.07, 6.45) is 1.59. The highest BCUT2D eigenvalue weighted by Gasteiger charge is 2.20. The normalized spacial score (nSPS) is 11.1. The van der Waals surface area contributed by atoms with Gasteiger partial charge in [0.2, 0.25) is 0 Å². The molecule has 0 radical (unpaired) electrons. The highest BCUT2D eigenvalue weighted by molar-refractivity contribution is 7.13. The van der Waals surface area contributed by atoms with E-state index in [0.717, 1.165) is 21.3 Å². The Morgan fingerprint density at radius 1 is 1.39 bits per heavy atom. The fourth-order valence-electron chi connectivity index (χ4n) is 2.24. The predicted octanol–water partition coefficient (Wildman–Crippen LogP) is 3.99. The number of carbonyl (C=O) groups is 1. The van der Waals surface area contributed by atoms with Gasteiger partial charge in [-0.2, -0.15) is 5.10 Å². The van der Waals surface area contributed by atoms with E-state index in [4.69, 9.17) is 0 Å². The fraction of sp³-hybridized carbons (Fsp3) is 0.312. The van der Waals surface area contributed by atoms with Crippen molar-refractivity contribution < 1.29 is 4.79 Å². The summed E-state index contributed by atoms with van der Waals surface area (Å²) in [5.74, 6) is 0.357. The van der Waals surface area contributed by atoms with Crippen molar-refractivity contribution in [2.24, 2.45) is 0 Å². The lowest BCUT2D eigenvalue weighted by Crippen LogP contribution is -2.26. The molecule has 3 rings (SSSR count). The Kier molecular flexibility index (Phi) is 4.58. The van der Waals surface area contributed by atoms with Crippen molar-refractivity contribution in [3.05, 3.63) is 45.4 Å². The molecule has 0 aliphatic rings. The molecule has 1 N–H and O–H groups in total. The number of nitrogens with one attached hydrogen (secondary N) is 1. The van der Waals surface area contributed by atoms with Crippen LogP contribution >= 0.6 is 22.7 Å². The van der Waals surface area contributed by atoms with Gasteiger partial charge in [0.05, 0.1) is 39.6 Å². The van der Waals surface area contributed by atoms with Crippen LogP contribution in [0.4, 0.5) is 0 Å². The molecule has 1 amide bonds. The molecule has 7 heteroatoms. The van der Waals surface area contributed by atoms with Crippen molar-refractivity contribution in [1.29, 1.82) is 0 Å². The number of aromatic amines is 1. The smallest absolute Gasteiger partial charge is 0.257 e. The summed E-state index contributed by atoms with van der Waals surface area (Å²) in [6, 6.07) is 3.94. The van der Waals surface area contributed by atoms with Gasteiger partial charge in [-0.05, 0) is 11.4 Å². The molecular weight excluding hydrogens is 328 g/mol. The zero-order valence-electron chi connectivity index (χ0n) is 13.2. The number of carbonyl (C=O) groups excluding carboxylic acids is 1. The van der Waals surface area contributed by atoms with Crippen LogP contribution in [0.2, 0.25) is 0 Å². The average Bonchev–Trinajstić information content (AvgIpc) is 3.26. The molecule has 5 nitrogen and oxygen atoms in total. The Balaban J connectivity index is 1.76. The van der Waals surface area contributed by atoms with Gasteiger partial charge in [-0.3, -0.25) is 9.89 Å². The van der Waals surface area contributed by atoms with E-state index < -0.39 is 0 Å². The quantitative estimate of drug-likeness (QED) is 0.760. The van der Waals surface area contributed by atoms with Crippen LogP contribution in [0.1, 0.15) is 40.8 Å². The topological polar surface area (TPSA) is 61.9 Å². The second-order valence-electron chi connectivity index (χ2n) is 5.63. The zero-order valence-corrected chi connectivity index (χ0v) is 14.9. The van der Waals surface area contributed by atoms with Gasteiger partial charge in [0, 0.05) is 18.3 Å². The van der Waals surface area contributed by atoms with Crippen LogP contribution in [0.5, 0.6) is 0 Å². The minimum Gasteiger partial charge on any atom is -0.336 e. The molecule has 0 saturated heterocycles. The maximum Gasteiger partial charge on any atom is 0.257 e. The molecule has 0 atom stereocenters. The van der Waals surface area contributed by atoms with E-state index in [-0.39, 0.29) is 5.91 Å². The summed E-state index contributed by atoms with van der Waals surface area (Å²) in [7, 11) is 1.79. The molecule has 0 fully saturated rings. The second-order valence-corrected chi connectivity index (χ2v) is 7.47. The number of rotatable bonds is 5. The van der Waals surface area contributed by atoms with Crippen LogP contribution in [0, 0.1) is 0 Å². The molecule has 23 heavy (non-hydrogen) atoms. The first-order valence-electron chi connectivity index (χ1n) is 7.33. The molecule has 0 spiro atoms. The molecule has 3 aromatic rings. The van der Waals surface area contributed by atoms with Crippen molar-refractivity contribution in [2.45, 2.75) is 26.3 Å². The lowest BCUT2D eigenvalue weighted by atomic mass is 10.2. The van der Waals surface area contributed by atoms with Crippen molar-refractivity contribution in [1.82, 2.24) is 20.1 Å². The molecule has 3 heterocycles. The van der Waals surface area contributed by atoms with E-state index in [1.165, 1.54) is 0 Å². The van der Waals surface area contributed by atoms with Gasteiger partial charge in [0.1, 0.15) is 0 Å². The SMILES string of the molecule is CC(C)c1nc(CN(C)C(=O)c2cn[nH]c2-c2cccs2)cs1. The number of aromatic nitrogens is 3. The van der Waals surface area contributed by atoms with Gasteiger partial charge >= 0.3 is 0 Å². The Morgan fingerprint density at radius 2 is 2.22 bits per heavy atom. The minimum atomic E-state index is -0.0544. The summed E-state index contributed by atoms with van der Waals surface area (Å²) in [4.78, 5) is 20.0. The fourth-order valence-corrected chi connectivity index (χ4v) is 3.80. The third kappa shape index (κ3) is 3.35. The van der Waals surface area contributed by atoms with Crippen LogP contribution in [-0.2, 0) is 6.54 Å². The summed E-state index contributed by atoms with van der Waals surface area (Å²) < 4.78 is 0. The summed E-state index contributed by atoms with van der Waals surface area (Å²) >= 11 is 3.23. The van der Waals surface area contributed by atoms with Crippen LogP contribution in [-0.4, -0.2) is 33.0 Å². The monoisotopic (exact) mass is 346 g/mol. The third-order valence-electron chi connectivity index (χ3n) is 3.45. The third-order valence-corrected chi connectivity index (χ3v) is 5.53. The van der Waals surface area contributed by atoms with E-state index in [1.54, 1.807) is 40.8 Å². The molecule has 0 aliphatic heterocycles. The van der Waals surface area contributed by atoms with Crippen molar-refractivity contribution in [3.8, 4) is 10.6 Å². The first kappa shape index (κ1) is 15.9. The summed E-state index contributed by atoms with van der Waals surface area (Å²) in [5.41, 5.74) is 2.29. The summed E-state index contributed by atoms with van der Waals surface area (Å²) in [6.45, 7) is 4.74. The van der Waals surface area contributed by atoms with Gasteiger partial charge in [-0.25, -0.2) is 4.98 Å². The van der Waals surface area contributed by atoms with Gasteiger partial charge in [0.25, 0.3) is 5.91 Å². The van der Waals surface area contributed by atoms with Crippen molar-refractivity contribution in [3.63, 3.8) is 0 Å². The average molecular weight is 346 g/mol. The van der Waals surface area contributed by atoms with Crippen molar-refractivity contribution >= 4 is 28.6 Å². The molecule has 0 aromatic carbocycles. The summed E-state index contributed by atoms with van der Waals surface area (Å²) in [5, 5.41) is 12.1. The standard InChI is InChI=1S/C16H18N4OS2/c1-10(2)15-18-11(9-23-15)8-20(3)16(21)12-7-17-19-14(12)13-5-4-6-22-13/h4-7,9-10H,8H2,1-3H3,(H,17,19). The molecule has 3 aromatic heterocycles. The molecule has 0 aliphatic carbocycles. The maximum absolute atomic E-state index is 12.7. The highest BCUT2D eigenvalue weighted by atomic mass is 32.1.